The van der Waals surface area contributed by atoms with E-state index in [-0.39, 0.29) is 30.7 Å². The smallest absolute Gasteiger partial charge is 0.305 e. The standard InChI is InChI=1S/C13H17NO4S/c1-8(2)14(5-4-12(16)17)13(18)11-6-10(7-19-11)9(3)15/h6-8H,4-5H2,1-3H3,(H,16,17). The number of thiophene rings is 1. The predicted molar refractivity (Wildman–Crippen MR) is 72.7 cm³/mol. The molecule has 19 heavy (non-hydrogen) atoms. The molecule has 0 aliphatic rings. The first-order valence-electron chi connectivity index (χ1n) is 5.95. The van der Waals surface area contributed by atoms with Gasteiger partial charge in [0.05, 0.1) is 11.3 Å². The van der Waals surface area contributed by atoms with Gasteiger partial charge in [0.25, 0.3) is 5.91 Å². The van der Waals surface area contributed by atoms with Crippen LogP contribution in [0.25, 0.3) is 0 Å². The van der Waals surface area contributed by atoms with Crippen molar-refractivity contribution in [3.05, 3.63) is 21.9 Å². The van der Waals surface area contributed by atoms with E-state index < -0.39 is 5.97 Å². The van der Waals surface area contributed by atoms with Gasteiger partial charge in [-0.1, -0.05) is 0 Å². The highest BCUT2D eigenvalue weighted by Gasteiger charge is 2.21. The Bertz CT molecular complexity index is 493. The van der Waals surface area contributed by atoms with Gasteiger partial charge in [-0.05, 0) is 26.8 Å². The highest BCUT2D eigenvalue weighted by atomic mass is 32.1. The van der Waals surface area contributed by atoms with Crippen molar-refractivity contribution in [2.75, 3.05) is 6.54 Å². The lowest BCUT2D eigenvalue weighted by molar-refractivity contribution is -0.137. The Morgan fingerprint density at radius 2 is 2.00 bits per heavy atom. The van der Waals surface area contributed by atoms with Crippen LogP contribution in [0, 0.1) is 0 Å². The summed E-state index contributed by atoms with van der Waals surface area (Å²) in [4.78, 5) is 36.0. The molecule has 5 nitrogen and oxygen atoms in total. The number of carboxylic acid groups (broad SMARTS) is 1. The van der Waals surface area contributed by atoms with Gasteiger partial charge in [-0.3, -0.25) is 14.4 Å². The van der Waals surface area contributed by atoms with Crippen molar-refractivity contribution in [2.24, 2.45) is 0 Å². The molecule has 1 N–H and O–H groups in total. The highest BCUT2D eigenvalue weighted by molar-refractivity contribution is 7.12. The maximum atomic E-state index is 12.3. The number of carbonyl (C=O) groups is 3. The third-order valence-electron chi connectivity index (χ3n) is 2.67. The van der Waals surface area contributed by atoms with E-state index in [1.807, 2.05) is 13.8 Å². The van der Waals surface area contributed by atoms with E-state index in [4.69, 9.17) is 5.11 Å². The number of hydrogen-bond donors (Lipinski definition) is 1. The van der Waals surface area contributed by atoms with Gasteiger partial charge in [0, 0.05) is 23.5 Å². The molecular weight excluding hydrogens is 266 g/mol. The zero-order chi connectivity index (χ0) is 14.6. The second kappa shape index (κ2) is 6.47. The van der Waals surface area contributed by atoms with Crippen LogP contribution < -0.4 is 0 Å². The summed E-state index contributed by atoms with van der Waals surface area (Å²) in [5, 5.41) is 10.3. The topological polar surface area (TPSA) is 74.7 Å². The summed E-state index contributed by atoms with van der Waals surface area (Å²) < 4.78 is 0. The molecule has 0 bridgehead atoms. The van der Waals surface area contributed by atoms with Gasteiger partial charge in [0.15, 0.2) is 5.78 Å². The summed E-state index contributed by atoms with van der Waals surface area (Å²) in [5.74, 6) is -1.25. The Morgan fingerprint density at radius 3 is 2.42 bits per heavy atom. The first-order valence-corrected chi connectivity index (χ1v) is 6.83. The third kappa shape index (κ3) is 4.17. The Morgan fingerprint density at radius 1 is 1.37 bits per heavy atom. The Hall–Kier alpha value is -1.69. The monoisotopic (exact) mass is 283 g/mol. The molecule has 104 valence electrons. The van der Waals surface area contributed by atoms with Crippen LogP contribution in [-0.4, -0.2) is 40.3 Å². The van der Waals surface area contributed by atoms with Crippen molar-refractivity contribution < 1.29 is 19.5 Å². The molecule has 0 radical (unpaired) electrons. The fourth-order valence-electron chi connectivity index (χ4n) is 1.58. The summed E-state index contributed by atoms with van der Waals surface area (Å²) in [7, 11) is 0. The van der Waals surface area contributed by atoms with E-state index in [1.165, 1.54) is 23.2 Å². The molecule has 1 rings (SSSR count). The molecule has 0 fully saturated rings. The molecular formula is C13H17NO4S. The van der Waals surface area contributed by atoms with Crippen molar-refractivity contribution >= 4 is 29.0 Å². The minimum Gasteiger partial charge on any atom is -0.481 e. The molecule has 1 aromatic heterocycles. The zero-order valence-electron chi connectivity index (χ0n) is 11.2. The molecule has 0 saturated heterocycles. The third-order valence-corrected chi connectivity index (χ3v) is 3.59. The average Bonchev–Trinajstić information content (AvgIpc) is 2.77. The van der Waals surface area contributed by atoms with Crippen LogP contribution in [0.2, 0.25) is 0 Å². The molecule has 0 saturated carbocycles. The van der Waals surface area contributed by atoms with Crippen molar-refractivity contribution in [3.8, 4) is 0 Å². The first kappa shape index (κ1) is 15.4. The van der Waals surface area contributed by atoms with Crippen LogP contribution in [0.3, 0.4) is 0 Å². The summed E-state index contributed by atoms with van der Waals surface area (Å²) in [6.07, 6.45) is -0.0884. The Balaban J connectivity index is 2.86. The molecule has 1 heterocycles. The minimum absolute atomic E-state index is 0.0862. The predicted octanol–water partition coefficient (Wildman–Crippen LogP) is 2.28. The molecule has 0 spiro atoms. The van der Waals surface area contributed by atoms with E-state index in [1.54, 1.807) is 11.4 Å². The summed E-state index contributed by atoms with van der Waals surface area (Å²) in [6, 6.07) is 1.47. The van der Waals surface area contributed by atoms with E-state index >= 15 is 0 Å². The number of ketones is 1. The lowest BCUT2D eigenvalue weighted by Gasteiger charge is -2.25. The van der Waals surface area contributed by atoms with Crippen LogP contribution in [0.5, 0.6) is 0 Å². The van der Waals surface area contributed by atoms with Gasteiger partial charge in [-0.25, -0.2) is 0 Å². The Labute approximate surface area is 115 Å². The molecule has 0 aliphatic carbocycles. The highest BCUT2D eigenvalue weighted by Crippen LogP contribution is 2.18. The minimum atomic E-state index is -0.936. The van der Waals surface area contributed by atoms with Gasteiger partial charge in [-0.15, -0.1) is 11.3 Å². The number of aliphatic carboxylic acids is 1. The lowest BCUT2D eigenvalue weighted by atomic mass is 10.2. The largest absolute Gasteiger partial charge is 0.481 e. The molecule has 0 unspecified atom stereocenters. The summed E-state index contributed by atoms with van der Waals surface area (Å²) in [5.41, 5.74) is 0.510. The van der Waals surface area contributed by atoms with Crippen LogP contribution in [0.15, 0.2) is 11.4 Å². The second-order valence-electron chi connectivity index (χ2n) is 4.49. The van der Waals surface area contributed by atoms with Crippen LogP contribution in [0.1, 0.15) is 47.2 Å². The molecule has 1 aromatic rings. The second-order valence-corrected chi connectivity index (χ2v) is 5.40. The fourth-order valence-corrected chi connectivity index (χ4v) is 2.49. The quantitative estimate of drug-likeness (QED) is 0.813. The van der Waals surface area contributed by atoms with Crippen LogP contribution in [-0.2, 0) is 4.79 Å². The maximum Gasteiger partial charge on any atom is 0.305 e. The van der Waals surface area contributed by atoms with Gasteiger partial charge in [-0.2, -0.15) is 0 Å². The van der Waals surface area contributed by atoms with E-state index in [9.17, 15) is 14.4 Å². The summed E-state index contributed by atoms with van der Waals surface area (Å²) in [6.45, 7) is 5.28. The number of nitrogens with zero attached hydrogens (tertiary/aromatic N) is 1. The van der Waals surface area contributed by atoms with Crippen molar-refractivity contribution in [2.45, 2.75) is 33.2 Å². The lowest BCUT2D eigenvalue weighted by Crippen LogP contribution is -2.38. The molecule has 1 amide bonds. The van der Waals surface area contributed by atoms with Gasteiger partial charge in [0.2, 0.25) is 0 Å². The van der Waals surface area contributed by atoms with Crippen LogP contribution in [0.4, 0.5) is 0 Å². The number of carboxylic acids is 1. The van der Waals surface area contributed by atoms with Crippen molar-refractivity contribution in [1.82, 2.24) is 4.90 Å². The van der Waals surface area contributed by atoms with E-state index in [0.717, 1.165) is 0 Å². The number of amides is 1. The maximum absolute atomic E-state index is 12.3. The number of hydrogen-bond acceptors (Lipinski definition) is 4. The molecule has 0 aliphatic heterocycles. The van der Waals surface area contributed by atoms with Gasteiger partial charge in [0.1, 0.15) is 0 Å². The van der Waals surface area contributed by atoms with Gasteiger partial charge >= 0.3 is 5.97 Å². The first-order chi connectivity index (χ1) is 8.82. The molecule has 0 aromatic carbocycles. The zero-order valence-corrected chi connectivity index (χ0v) is 12.0. The normalized spacial score (nSPS) is 10.5. The summed E-state index contributed by atoms with van der Waals surface area (Å²) >= 11 is 1.21. The fraction of sp³-hybridized carbons (Fsp3) is 0.462. The molecule has 6 heteroatoms. The average molecular weight is 283 g/mol. The van der Waals surface area contributed by atoms with E-state index in [2.05, 4.69) is 0 Å². The number of Topliss-reactive ketones (excluding diaryl/α,β-unsaturated/α-hetero) is 1. The SMILES string of the molecule is CC(=O)c1csc(C(=O)N(CCC(=O)O)C(C)C)c1. The van der Waals surface area contributed by atoms with Crippen molar-refractivity contribution in [3.63, 3.8) is 0 Å². The Kier molecular flexibility index (Phi) is 5.23. The number of carbonyl (C=O) groups excluding carboxylic acids is 2. The van der Waals surface area contributed by atoms with Crippen molar-refractivity contribution in [1.29, 1.82) is 0 Å². The van der Waals surface area contributed by atoms with Crippen LogP contribution >= 0.6 is 11.3 Å². The number of rotatable bonds is 6. The van der Waals surface area contributed by atoms with Gasteiger partial charge < -0.3 is 10.0 Å². The molecule has 0 atom stereocenters. The van der Waals surface area contributed by atoms with E-state index in [0.29, 0.717) is 10.4 Å².